The summed E-state index contributed by atoms with van der Waals surface area (Å²) in [6.45, 7) is 4.09. The summed E-state index contributed by atoms with van der Waals surface area (Å²) in [6.07, 6.45) is 4.65. The number of likely N-dealkylation sites (tertiary alicyclic amines) is 1. The summed E-state index contributed by atoms with van der Waals surface area (Å²) in [5, 5.41) is 2.65. The van der Waals surface area contributed by atoms with Gasteiger partial charge in [0.2, 0.25) is 11.8 Å². The van der Waals surface area contributed by atoms with Gasteiger partial charge in [-0.15, -0.1) is 0 Å². The van der Waals surface area contributed by atoms with E-state index in [0.717, 1.165) is 25.7 Å². The zero-order valence-corrected chi connectivity index (χ0v) is 12.8. The molecule has 1 saturated heterocycles. The predicted molar refractivity (Wildman–Crippen MR) is 76.3 cm³/mol. The van der Waals surface area contributed by atoms with Crippen molar-refractivity contribution >= 4 is 17.8 Å². The predicted octanol–water partition coefficient (Wildman–Crippen LogP) is 0.845. The van der Waals surface area contributed by atoms with Gasteiger partial charge in [-0.2, -0.15) is 0 Å². The number of rotatable bonds is 5. The maximum atomic E-state index is 12.2. The number of nitrogens with zero attached hydrogens (tertiary/aromatic N) is 1. The number of esters is 1. The number of carbonyl (C=O) groups excluding carboxylic acids is 3. The normalized spacial score (nSPS) is 24.2. The molecule has 0 spiro atoms. The highest BCUT2D eigenvalue weighted by molar-refractivity contribution is 5.91. The highest BCUT2D eigenvalue weighted by Crippen LogP contribution is 2.29. The van der Waals surface area contributed by atoms with Crippen LogP contribution in [0.5, 0.6) is 0 Å². The zero-order valence-electron chi connectivity index (χ0n) is 12.8. The average Bonchev–Trinajstić information content (AvgIpc) is 3.07. The van der Waals surface area contributed by atoms with Crippen LogP contribution in [0.25, 0.3) is 0 Å². The molecule has 1 N–H and O–H groups in total. The first kappa shape index (κ1) is 15.8. The van der Waals surface area contributed by atoms with Crippen molar-refractivity contribution in [2.45, 2.75) is 58.0 Å². The van der Waals surface area contributed by atoms with Crippen LogP contribution in [0.15, 0.2) is 0 Å². The molecule has 1 saturated carbocycles. The van der Waals surface area contributed by atoms with Crippen LogP contribution in [0, 0.1) is 5.92 Å². The molecule has 2 aliphatic rings. The van der Waals surface area contributed by atoms with Crippen molar-refractivity contribution in [1.29, 1.82) is 0 Å². The molecular formula is C15H24N2O4. The number of carbonyl (C=O) groups is 3. The molecule has 2 atom stereocenters. The fourth-order valence-corrected chi connectivity index (χ4v) is 3.13. The van der Waals surface area contributed by atoms with E-state index < -0.39 is 12.0 Å². The monoisotopic (exact) mass is 296 g/mol. The third-order valence-corrected chi connectivity index (χ3v) is 4.29. The zero-order chi connectivity index (χ0) is 15.4. The number of hydrogen-bond donors (Lipinski definition) is 1. The molecule has 0 bridgehead atoms. The summed E-state index contributed by atoms with van der Waals surface area (Å²) in [5.41, 5.74) is 0. The third-order valence-electron chi connectivity index (χ3n) is 4.29. The Morgan fingerprint density at radius 3 is 2.67 bits per heavy atom. The molecule has 1 heterocycles. The van der Waals surface area contributed by atoms with Crippen molar-refractivity contribution in [3.05, 3.63) is 0 Å². The molecule has 0 aromatic carbocycles. The van der Waals surface area contributed by atoms with E-state index in [1.54, 1.807) is 13.8 Å². The number of ether oxygens (including phenoxy) is 1. The lowest BCUT2D eigenvalue weighted by molar-refractivity contribution is -0.147. The smallest absolute Gasteiger partial charge is 0.328 e. The van der Waals surface area contributed by atoms with Crippen LogP contribution in [-0.4, -0.2) is 47.9 Å². The quantitative estimate of drug-likeness (QED) is 0.763. The van der Waals surface area contributed by atoms with Crippen molar-refractivity contribution in [3.63, 3.8) is 0 Å². The van der Waals surface area contributed by atoms with Crippen LogP contribution in [0.2, 0.25) is 0 Å². The number of nitrogens with one attached hydrogen (secondary N) is 1. The van der Waals surface area contributed by atoms with Gasteiger partial charge in [0.15, 0.2) is 0 Å². The van der Waals surface area contributed by atoms with Crippen molar-refractivity contribution < 1.29 is 19.1 Å². The standard InChI is InChI=1S/C15H24N2O4/c1-3-21-15(20)10(2)16-14(19)11-8-13(18)17(9-11)12-6-4-5-7-12/h10-12H,3-9H2,1-2H3,(H,16,19). The van der Waals surface area contributed by atoms with Crippen LogP contribution >= 0.6 is 0 Å². The highest BCUT2D eigenvalue weighted by Gasteiger charge is 2.39. The van der Waals surface area contributed by atoms with Gasteiger partial charge in [-0.1, -0.05) is 12.8 Å². The van der Waals surface area contributed by atoms with Gasteiger partial charge in [0.1, 0.15) is 6.04 Å². The summed E-state index contributed by atoms with van der Waals surface area (Å²) in [4.78, 5) is 37.6. The lowest BCUT2D eigenvalue weighted by Crippen LogP contribution is -2.43. The number of hydrogen-bond acceptors (Lipinski definition) is 4. The van der Waals surface area contributed by atoms with E-state index in [0.29, 0.717) is 12.6 Å². The van der Waals surface area contributed by atoms with E-state index in [2.05, 4.69) is 5.32 Å². The SMILES string of the molecule is CCOC(=O)C(C)NC(=O)C1CC(=O)N(C2CCCC2)C1. The van der Waals surface area contributed by atoms with Crippen molar-refractivity contribution in [1.82, 2.24) is 10.2 Å². The van der Waals surface area contributed by atoms with E-state index in [1.807, 2.05) is 4.90 Å². The minimum Gasteiger partial charge on any atom is -0.464 e. The average molecular weight is 296 g/mol. The lowest BCUT2D eigenvalue weighted by atomic mass is 10.1. The van der Waals surface area contributed by atoms with Crippen LogP contribution in [0.4, 0.5) is 0 Å². The third kappa shape index (κ3) is 3.74. The van der Waals surface area contributed by atoms with Gasteiger partial charge in [0.05, 0.1) is 12.5 Å². The van der Waals surface area contributed by atoms with Crippen molar-refractivity contribution in [3.8, 4) is 0 Å². The Labute approximate surface area is 125 Å². The minimum absolute atomic E-state index is 0.0610. The molecule has 0 aromatic rings. The molecule has 21 heavy (non-hydrogen) atoms. The maximum absolute atomic E-state index is 12.2. The van der Waals surface area contributed by atoms with Gasteiger partial charge in [-0.05, 0) is 26.7 Å². The van der Waals surface area contributed by atoms with E-state index in [-0.39, 0.29) is 30.8 Å². The molecule has 0 aromatic heterocycles. The first-order chi connectivity index (χ1) is 10.0. The molecule has 1 aliphatic carbocycles. The molecule has 118 valence electrons. The van der Waals surface area contributed by atoms with Gasteiger partial charge in [-0.25, -0.2) is 4.79 Å². The minimum atomic E-state index is -0.673. The van der Waals surface area contributed by atoms with Crippen LogP contribution in [0.1, 0.15) is 46.0 Å². The highest BCUT2D eigenvalue weighted by atomic mass is 16.5. The Kier molecular flexibility index (Phi) is 5.20. The van der Waals surface area contributed by atoms with Crippen LogP contribution in [-0.2, 0) is 19.1 Å². The molecule has 2 fully saturated rings. The Bertz CT molecular complexity index is 418. The Morgan fingerprint density at radius 2 is 2.05 bits per heavy atom. The topological polar surface area (TPSA) is 75.7 Å². The maximum Gasteiger partial charge on any atom is 0.328 e. The summed E-state index contributed by atoms with van der Waals surface area (Å²) < 4.78 is 4.86. The molecule has 6 heteroatoms. The summed E-state index contributed by atoms with van der Waals surface area (Å²) in [6, 6.07) is -0.370. The Morgan fingerprint density at radius 1 is 1.38 bits per heavy atom. The summed E-state index contributed by atoms with van der Waals surface area (Å²) >= 11 is 0. The summed E-state index contributed by atoms with van der Waals surface area (Å²) in [5.74, 6) is -0.965. The van der Waals surface area contributed by atoms with E-state index in [1.165, 1.54) is 0 Å². The van der Waals surface area contributed by atoms with Gasteiger partial charge >= 0.3 is 5.97 Å². The van der Waals surface area contributed by atoms with Gasteiger partial charge < -0.3 is 15.0 Å². The molecule has 2 unspecified atom stereocenters. The second-order valence-corrected chi connectivity index (χ2v) is 5.87. The largest absolute Gasteiger partial charge is 0.464 e. The first-order valence-electron chi connectivity index (χ1n) is 7.79. The van der Waals surface area contributed by atoms with Crippen molar-refractivity contribution in [2.24, 2.45) is 5.92 Å². The Balaban J connectivity index is 1.86. The lowest BCUT2D eigenvalue weighted by Gasteiger charge is -2.24. The van der Waals surface area contributed by atoms with Gasteiger partial charge in [-0.3, -0.25) is 9.59 Å². The number of amides is 2. The fraction of sp³-hybridized carbons (Fsp3) is 0.800. The van der Waals surface area contributed by atoms with Crippen molar-refractivity contribution in [2.75, 3.05) is 13.2 Å². The molecule has 0 radical (unpaired) electrons. The second-order valence-electron chi connectivity index (χ2n) is 5.87. The molecule has 1 aliphatic heterocycles. The Hall–Kier alpha value is -1.59. The van der Waals surface area contributed by atoms with Crippen LogP contribution in [0.3, 0.4) is 0 Å². The first-order valence-corrected chi connectivity index (χ1v) is 7.79. The fourth-order valence-electron chi connectivity index (χ4n) is 3.13. The van der Waals surface area contributed by atoms with E-state index in [9.17, 15) is 14.4 Å². The molecule has 2 rings (SSSR count). The van der Waals surface area contributed by atoms with Crippen LogP contribution < -0.4 is 5.32 Å². The molecule has 6 nitrogen and oxygen atoms in total. The van der Waals surface area contributed by atoms with Gasteiger partial charge in [0.25, 0.3) is 0 Å². The van der Waals surface area contributed by atoms with E-state index in [4.69, 9.17) is 4.74 Å². The second kappa shape index (κ2) is 6.91. The molecular weight excluding hydrogens is 272 g/mol. The van der Waals surface area contributed by atoms with Gasteiger partial charge in [0, 0.05) is 19.0 Å². The summed E-state index contributed by atoms with van der Waals surface area (Å²) in [7, 11) is 0. The van der Waals surface area contributed by atoms with E-state index >= 15 is 0 Å². The molecule has 2 amide bonds.